The molecule has 1 aliphatic heterocycles. The number of rotatable bonds is 6. The number of nitrogens with zero attached hydrogens (tertiary/aromatic N) is 4. The summed E-state index contributed by atoms with van der Waals surface area (Å²) in [6, 6.07) is 8.92. The van der Waals surface area contributed by atoms with Crippen molar-refractivity contribution in [3.63, 3.8) is 0 Å². The molecule has 0 saturated carbocycles. The molecule has 3 N–H and O–H groups in total. The second-order valence-corrected chi connectivity index (χ2v) is 9.48. The number of nitrogens with one attached hydrogen (secondary N) is 2. The third-order valence-corrected chi connectivity index (χ3v) is 6.79. The number of imidazole rings is 1. The van der Waals surface area contributed by atoms with Crippen LogP contribution in [0.1, 0.15) is 10.4 Å². The number of carbonyl (C=O) groups excluding carboxylic acids is 1. The summed E-state index contributed by atoms with van der Waals surface area (Å²) >= 11 is 1.14. The van der Waals surface area contributed by atoms with E-state index in [2.05, 4.69) is 25.3 Å². The lowest BCUT2D eigenvalue weighted by molar-refractivity contribution is -0.274. The van der Waals surface area contributed by atoms with Gasteiger partial charge in [-0.05, 0) is 30.3 Å². The van der Waals surface area contributed by atoms with Crippen molar-refractivity contribution in [2.75, 3.05) is 31.6 Å². The van der Waals surface area contributed by atoms with E-state index in [1.54, 1.807) is 29.8 Å². The van der Waals surface area contributed by atoms with Crippen LogP contribution in [0.4, 0.5) is 29.0 Å². The molecule has 1 unspecified atom stereocenters. The molecule has 1 atom stereocenters. The second kappa shape index (κ2) is 9.98. The van der Waals surface area contributed by atoms with Crippen LogP contribution in [0, 0.1) is 0 Å². The van der Waals surface area contributed by atoms with Crippen molar-refractivity contribution in [2.24, 2.45) is 7.05 Å². The van der Waals surface area contributed by atoms with E-state index < -0.39 is 18.6 Å². The Morgan fingerprint density at radius 2 is 2.03 bits per heavy atom. The van der Waals surface area contributed by atoms with Gasteiger partial charge in [0.2, 0.25) is 5.95 Å². The van der Waals surface area contributed by atoms with E-state index in [9.17, 15) is 22.8 Å². The van der Waals surface area contributed by atoms with E-state index in [4.69, 9.17) is 9.84 Å². The topological polar surface area (TPSA) is 131 Å². The van der Waals surface area contributed by atoms with E-state index in [1.165, 1.54) is 23.1 Å². The number of morpholine rings is 1. The smallest absolute Gasteiger partial charge is 0.465 e. The number of ether oxygens (including phenoxy) is 2. The van der Waals surface area contributed by atoms with Crippen LogP contribution >= 0.6 is 11.3 Å². The molecule has 1 aliphatic rings. The average molecular weight is 551 g/mol. The van der Waals surface area contributed by atoms with Gasteiger partial charge in [0.05, 0.1) is 40.5 Å². The van der Waals surface area contributed by atoms with Crippen molar-refractivity contribution in [2.45, 2.75) is 12.5 Å². The minimum Gasteiger partial charge on any atom is -0.465 e. The molecule has 1 saturated heterocycles. The standard InChI is InChI=1S/C23H21F3N6O5S/c1-31-17-5-2-12(19(33)27-10-14-11-32(22(34)35)6-7-36-14)8-16(17)28-20(31)30-21-29-15-4-3-13(9-18(15)38-21)37-23(24,25)26/h2-5,8-9,14H,6-7,10-11H2,1H3,(H,27,33)(H,34,35)(H,28,29,30). The SMILES string of the molecule is Cn1c(Nc2nc3ccc(OC(F)(F)F)cc3s2)nc2cc(C(=O)NCC3CN(C(=O)O)CCO3)ccc21. The van der Waals surface area contributed by atoms with Gasteiger partial charge >= 0.3 is 12.5 Å². The van der Waals surface area contributed by atoms with Gasteiger partial charge in [-0.15, -0.1) is 13.2 Å². The number of benzene rings is 2. The summed E-state index contributed by atoms with van der Waals surface area (Å²) in [4.78, 5) is 34.0. The minimum atomic E-state index is -4.78. The van der Waals surface area contributed by atoms with Gasteiger partial charge in [0, 0.05) is 31.8 Å². The first-order valence-corrected chi connectivity index (χ1v) is 12.1. The molecule has 4 aromatic rings. The molecular formula is C23H21F3N6O5S. The number of fused-ring (bicyclic) bond motifs is 2. The number of halogens is 3. The number of hydrogen-bond donors (Lipinski definition) is 3. The number of anilines is 2. The summed E-state index contributed by atoms with van der Waals surface area (Å²) in [5, 5.41) is 15.4. The number of carboxylic acid groups (broad SMARTS) is 1. The Kier molecular flexibility index (Phi) is 6.71. The van der Waals surface area contributed by atoms with Crippen LogP contribution in [-0.2, 0) is 11.8 Å². The quantitative estimate of drug-likeness (QED) is 0.329. The molecule has 11 nitrogen and oxygen atoms in total. The zero-order valence-electron chi connectivity index (χ0n) is 19.8. The Balaban J connectivity index is 1.28. The van der Waals surface area contributed by atoms with Crippen LogP contribution in [0.25, 0.3) is 21.3 Å². The number of alkyl halides is 3. The van der Waals surface area contributed by atoms with Gasteiger partial charge in [0.25, 0.3) is 5.91 Å². The third-order valence-electron chi connectivity index (χ3n) is 5.85. The Morgan fingerprint density at radius 1 is 1.21 bits per heavy atom. The fourth-order valence-corrected chi connectivity index (χ4v) is 4.92. The van der Waals surface area contributed by atoms with Crippen molar-refractivity contribution in [3.05, 3.63) is 42.0 Å². The molecule has 2 aromatic heterocycles. The number of amides is 2. The van der Waals surface area contributed by atoms with Gasteiger partial charge < -0.3 is 34.7 Å². The van der Waals surface area contributed by atoms with Crippen LogP contribution < -0.4 is 15.4 Å². The monoisotopic (exact) mass is 550 g/mol. The summed E-state index contributed by atoms with van der Waals surface area (Å²) in [5.74, 6) is -0.262. The molecule has 0 bridgehead atoms. The zero-order valence-corrected chi connectivity index (χ0v) is 20.6. The Hall–Kier alpha value is -4.11. The fourth-order valence-electron chi connectivity index (χ4n) is 4.03. The Bertz CT molecular complexity index is 1520. The zero-order chi connectivity index (χ0) is 27.0. The van der Waals surface area contributed by atoms with Crippen molar-refractivity contribution in [3.8, 4) is 5.75 Å². The molecule has 0 spiro atoms. The summed E-state index contributed by atoms with van der Waals surface area (Å²) in [5.41, 5.74) is 2.14. The minimum absolute atomic E-state index is 0.156. The van der Waals surface area contributed by atoms with E-state index >= 15 is 0 Å². The summed E-state index contributed by atoms with van der Waals surface area (Å²) in [6.45, 7) is 0.881. The predicted octanol–water partition coefficient (Wildman–Crippen LogP) is 3.93. The van der Waals surface area contributed by atoms with Gasteiger partial charge in [0.1, 0.15) is 5.75 Å². The van der Waals surface area contributed by atoms with Crippen LogP contribution in [-0.4, -0.2) is 75.2 Å². The number of carbonyl (C=O) groups is 2. The lowest BCUT2D eigenvalue weighted by Gasteiger charge is -2.31. The number of hydrogen-bond acceptors (Lipinski definition) is 8. The first kappa shape index (κ1) is 25.5. The molecule has 3 heterocycles. The molecule has 1 fully saturated rings. The third kappa shape index (κ3) is 5.57. The number of thiazole rings is 1. The van der Waals surface area contributed by atoms with E-state index in [0.29, 0.717) is 32.4 Å². The van der Waals surface area contributed by atoms with Gasteiger partial charge in [0.15, 0.2) is 5.13 Å². The largest absolute Gasteiger partial charge is 0.573 e. The van der Waals surface area contributed by atoms with Crippen molar-refractivity contribution < 1.29 is 37.3 Å². The number of aryl methyl sites for hydroxylation is 1. The van der Waals surface area contributed by atoms with Crippen molar-refractivity contribution in [1.29, 1.82) is 0 Å². The predicted molar refractivity (Wildman–Crippen MR) is 132 cm³/mol. The highest BCUT2D eigenvalue weighted by Crippen LogP contribution is 2.33. The van der Waals surface area contributed by atoms with Crippen LogP contribution in [0.15, 0.2) is 36.4 Å². The molecule has 15 heteroatoms. The molecule has 200 valence electrons. The van der Waals surface area contributed by atoms with E-state index in [-0.39, 0.29) is 37.9 Å². The number of aromatic nitrogens is 3. The van der Waals surface area contributed by atoms with Crippen LogP contribution in [0.5, 0.6) is 5.75 Å². The normalized spacial score (nSPS) is 16.1. The highest BCUT2D eigenvalue weighted by atomic mass is 32.1. The first-order chi connectivity index (χ1) is 18.1. The highest BCUT2D eigenvalue weighted by Gasteiger charge is 2.31. The maximum Gasteiger partial charge on any atom is 0.573 e. The second-order valence-electron chi connectivity index (χ2n) is 8.45. The first-order valence-electron chi connectivity index (χ1n) is 11.3. The molecule has 38 heavy (non-hydrogen) atoms. The highest BCUT2D eigenvalue weighted by molar-refractivity contribution is 7.22. The van der Waals surface area contributed by atoms with Crippen molar-refractivity contribution in [1.82, 2.24) is 24.8 Å². The van der Waals surface area contributed by atoms with Gasteiger partial charge in [-0.1, -0.05) is 11.3 Å². The van der Waals surface area contributed by atoms with Gasteiger partial charge in [-0.3, -0.25) is 4.79 Å². The van der Waals surface area contributed by atoms with Crippen LogP contribution in [0.3, 0.4) is 0 Å². The molecular weight excluding hydrogens is 529 g/mol. The summed E-state index contributed by atoms with van der Waals surface area (Å²) < 4.78 is 49.3. The molecule has 2 aromatic carbocycles. The Labute approximate surface area is 216 Å². The summed E-state index contributed by atoms with van der Waals surface area (Å²) in [7, 11) is 1.77. The molecule has 2 amide bonds. The van der Waals surface area contributed by atoms with Crippen molar-refractivity contribution >= 4 is 55.7 Å². The average Bonchev–Trinajstić information content (AvgIpc) is 3.41. The Morgan fingerprint density at radius 3 is 2.79 bits per heavy atom. The van der Waals surface area contributed by atoms with Gasteiger partial charge in [-0.25, -0.2) is 14.8 Å². The van der Waals surface area contributed by atoms with Gasteiger partial charge in [-0.2, -0.15) is 0 Å². The molecule has 5 rings (SSSR count). The van der Waals surface area contributed by atoms with E-state index in [0.717, 1.165) is 16.9 Å². The summed E-state index contributed by atoms with van der Waals surface area (Å²) in [6.07, 6.45) is -6.25. The molecule has 0 aliphatic carbocycles. The lowest BCUT2D eigenvalue weighted by Crippen LogP contribution is -2.49. The van der Waals surface area contributed by atoms with E-state index in [1.807, 2.05) is 0 Å². The fraction of sp³-hybridized carbons (Fsp3) is 0.304. The van der Waals surface area contributed by atoms with Crippen LogP contribution in [0.2, 0.25) is 0 Å². The maximum atomic E-state index is 12.7. The molecule has 0 radical (unpaired) electrons. The maximum absolute atomic E-state index is 12.7. The lowest BCUT2D eigenvalue weighted by atomic mass is 10.2.